The molecule has 1 aliphatic rings. The second-order valence-electron chi connectivity index (χ2n) is 6.29. The summed E-state index contributed by atoms with van der Waals surface area (Å²) in [6, 6.07) is 2.48. The topological polar surface area (TPSA) is 36.4 Å². The summed E-state index contributed by atoms with van der Waals surface area (Å²) < 4.78 is 0. The minimum atomic E-state index is 0.137. The van der Waals surface area contributed by atoms with E-state index in [9.17, 15) is 5.11 Å². The fourth-order valence-corrected chi connectivity index (χ4v) is 2.58. The highest BCUT2D eigenvalue weighted by Gasteiger charge is 2.26. The van der Waals surface area contributed by atoms with E-state index in [4.69, 9.17) is 0 Å². The molecule has 0 bridgehead atoms. The lowest BCUT2D eigenvalue weighted by Crippen LogP contribution is -2.33. The SMILES string of the molecule is Cc1cc(C(C)(C)C)cnc1N1CCC[C@H]1CO. The molecule has 0 amide bonds. The molecule has 0 aromatic carbocycles. The fraction of sp³-hybridized carbons (Fsp3) is 0.667. The van der Waals surface area contributed by atoms with Crippen molar-refractivity contribution in [2.75, 3.05) is 18.1 Å². The van der Waals surface area contributed by atoms with Gasteiger partial charge in [0, 0.05) is 12.7 Å². The van der Waals surface area contributed by atoms with Gasteiger partial charge >= 0.3 is 0 Å². The maximum Gasteiger partial charge on any atom is 0.131 e. The van der Waals surface area contributed by atoms with Gasteiger partial charge in [-0.3, -0.25) is 0 Å². The van der Waals surface area contributed by atoms with Gasteiger partial charge in [0.15, 0.2) is 0 Å². The number of aliphatic hydroxyl groups excluding tert-OH is 1. The average molecular weight is 248 g/mol. The number of aromatic nitrogens is 1. The molecule has 3 nitrogen and oxygen atoms in total. The Morgan fingerprint density at radius 3 is 2.72 bits per heavy atom. The van der Waals surface area contributed by atoms with Crippen molar-refractivity contribution in [3.8, 4) is 0 Å². The van der Waals surface area contributed by atoms with Gasteiger partial charge in [-0.25, -0.2) is 4.98 Å². The summed E-state index contributed by atoms with van der Waals surface area (Å²) in [5.41, 5.74) is 2.61. The molecule has 0 saturated carbocycles. The molecule has 3 heteroatoms. The average Bonchev–Trinajstić information content (AvgIpc) is 2.75. The van der Waals surface area contributed by atoms with Gasteiger partial charge in [-0.2, -0.15) is 0 Å². The van der Waals surface area contributed by atoms with E-state index < -0.39 is 0 Å². The van der Waals surface area contributed by atoms with Crippen molar-refractivity contribution in [3.05, 3.63) is 23.4 Å². The lowest BCUT2D eigenvalue weighted by atomic mass is 9.87. The normalized spacial score (nSPS) is 20.5. The van der Waals surface area contributed by atoms with Crippen LogP contribution in [0.15, 0.2) is 12.3 Å². The van der Waals surface area contributed by atoms with E-state index in [0.717, 1.165) is 25.2 Å². The van der Waals surface area contributed by atoms with E-state index in [1.165, 1.54) is 11.1 Å². The van der Waals surface area contributed by atoms with Gasteiger partial charge in [0.1, 0.15) is 5.82 Å². The smallest absolute Gasteiger partial charge is 0.131 e. The van der Waals surface area contributed by atoms with Crippen LogP contribution in [0.2, 0.25) is 0 Å². The minimum Gasteiger partial charge on any atom is -0.394 e. The zero-order chi connectivity index (χ0) is 13.3. The lowest BCUT2D eigenvalue weighted by molar-refractivity contribution is 0.266. The Bertz CT molecular complexity index is 423. The predicted molar refractivity (Wildman–Crippen MR) is 75.1 cm³/mol. The fourth-order valence-electron chi connectivity index (χ4n) is 2.58. The van der Waals surface area contributed by atoms with Gasteiger partial charge in [-0.15, -0.1) is 0 Å². The summed E-state index contributed by atoms with van der Waals surface area (Å²) in [4.78, 5) is 6.89. The van der Waals surface area contributed by atoms with E-state index in [-0.39, 0.29) is 18.1 Å². The number of nitrogens with zero attached hydrogens (tertiary/aromatic N) is 2. The molecule has 2 heterocycles. The third-order valence-electron chi connectivity index (χ3n) is 3.78. The molecular formula is C15H24N2O. The van der Waals surface area contributed by atoms with Crippen LogP contribution in [-0.4, -0.2) is 29.3 Å². The van der Waals surface area contributed by atoms with Gasteiger partial charge in [-0.1, -0.05) is 26.8 Å². The van der Waals surface area contributed by atoms with Crippen molar-refractivity contribution in [3.63, 3.8) is 0 Å². The summed E-state index contributed by atoms with van der Waals surface area (Å²) >= 11 is 0. The lowest BCUT2D eigenvalue weighted by Gasteiger charge is -2.27. The largest absolute Gasteiger partial charge is 0.394 e. The predicted octanol–water partition coefficient (Wildman–Crippen LogP) is 2.65. The van der Waals surface area contributed by atoms with E-state index in [1.807, 2.05) is 6.20 Å². The van der Waals surface area contributed by atoms with Gasteiger partial charge < -0.3 is 10.0 Å². The van der Waals surface area contributed by atoms with Crippen molar-refractivity contribution in [1.29, 1.82) is 0 Å². The Balaban J connectivity index is 2.30. The van der Waals surface area contributed by atoms with Gasteiger partial charge in [0.05, 0.1) is 12.6 Å². The first-order valence-electron chi connectivity index (χ1n) is 6.78. The third-order valence-corrected chi connectivity index (χ3v) is 3.78. The summed E-state index contributed by atoms with van der Waals surface area (Å²) in [7, 11) is 0. The summed E-state index contributed by atoms with van der Waals surface area (Å²) in [6.45, 7) is 9.96. The quantitative estimate of drug-likeness (QED) is 0.874. The molecule has 1 fully saturated rings. The highest BCUT2D eigenvalue weighted by Crippen LogP contribution is 2.29. The molecule has 100 valence electrons. The standard InChI is InChI=1S/C15H24N2O/c1-11-8-12(15(2,3)4)9-16-14(11)17-7-5-6-13(17)10-18/h8-9,13,18H,5-7,10H2,1-4H3/t13-/m0/s1. The number of pyridine rings is 1. The number of aryl methyl sites for hydroxylation is 1. The third kappa shape index (κ3) is 2.51. The summed E-state index contributed by atoms with van der Waals surface area (Å²) in [6.07, 6.45) is 4.20. The van der Waals surface area contributed by atoms with Crippen molar-refractivity contribution < 1.29 is 5.11 Å². The number of rotatable bonds is 2. The van der Waals surface area contributed by atoms with Crippen molar-refractivity contribution in [2.24, 2.45) is 0 Å². The van der Waals surface area contributed by atoms with Crippen molar-refractivity contribution >= 4 is 5.82 Å². The Hall–Kier alpha value is -1.09. The number of hydrogen-bond donors (Lipinski definition) is 1. The molecule has 1 saturated heterocycles. The molecule has 1 aromatic rings. The molecule has 1 aliphatic heterocycles. The van der Waals surface area contributed by atoms with Crippen LogP contribution in [0.3, 0.4) is 0 Å². The zero-order valence-electron chi connectivity index (χ0n) is 11.9. The van der Waals surface area contributed by atoms with E-state index >= 15 is 0 Å². The van der Waals surface area contributed by atoms with Crippen LogP contribution >= 0.6 is 0 Å². The second kappa shape index (κ2) is 4.88. The van der Waals surface area contributed by atoms with E-state index in [1.54, 1.807) is 0 Å². The minimum absolute atomic E-state index is 0.137. The molecule has 0 unspecified atom stereocenters. The second-order valence-corrected chi connectivity index (χ2v) is 6.29. The number of aliphatic hydroxyl groups is 1. The zero-order valence-corrected chi connectivity index (χ0v) is 11.9. The Morgan fingerprint density at radius 2 is 2.17 bits per heavy atom. The van der Waals surface area contributed by atoms with Crippen molar-refractivity contribution in [2.45, 2.75) is 52.0 Å². The van der Waals surface area contributed by atoms with Crippen LogP contribution in [0.5, 0.6) is 0 Å². The molecule has 0 spiro atoms. The molecule has 1 N–H and O–H groups in total. The Morgan fingerprint density at radius 1 is 1.44 bits per heavy atom. The number of hydrogen-bond acceptors (Lipinski definition) is 3. The van der Waals surface area contributed by atoms with Gasteiger partial charge in [-0.05, 0) is 36.3 Å². The molecule has 0 aliphatic carbocycles. The van der Waals surface area contributed by atoms with Crippen molar-refractivity contribution in [1.82, 2.24) is 4.98 Å². The highest BCUT2D eigenvalue weighted by molar-refractivity contribution is 5.50. The maximum atomic E-state index is 9.40. The van der Waals surface area contributed by atoms with Crippen LogP contribution in [0.4, 0.5) is 5.82 Å². The molecule has 1 aromatic heterocycles. The summed E-state index contributed by atoms with van der Waals surface area (Å²) in [5, 5.41) is 9.40. The van der Waals surface area contributed by atoms with Crippen LogP contribution in [0, 0.1) is 6.92 Å². The molecule has 0 radical (unpaired) electrons. The first-order chi connectivity index (χ1) is 8.43. The van der Waals surface area contributed by atoms with E-state index in [2.05, 4.69) is 43.6 Å². The monoisotopic (exact) mass is 248 g/mol. The van der Waals surface area contributed by atoms with Crippen LogP contribution in [-0.2, 0) is 5.41 Å². The highest BCUT2D eigenvalue weighted by atomic mass is 16.3. The van der Waals surface area contributed by atoms with Gasteiger partial charge in [0.25, 0.3) is 0 Å². The Kier molecular flexibility index (Phi) is 3.62. The van der Waals surface area contributed by atoms with Gasteiger partial charge in [0.2, 0.25) is 0 Å². The Labute approximate surface area is 110 Å². The summed E-state index contributed by atoms with van der Waals surface area (Å²) in [5.74, 6) is 1.04. The van der Waals surface area contributed by atoms with Crippen LogP contribution < -0.4 is 4.90 Å². The first-order valence-corrected chi connectivity index (χ1v) is 6.78. The molecule has 1 atom stereocenters. The molecular weight excluding hydrogens is 224 g/mol. The van der Waals surface area contributed by atoms with E-state index in [0.29, 0.717) is 0 Å². The molecule has 18 heavy (non-hydrogen) atoms. The van der Waals surface area contributed by atoms with Crippen LogP contribution in [0.25, 0.3) is 0 Å². The number of anilines is 1. The maximum absolute atomic E-state index is 9.40. The molecule has 2 rings (SSSR count). The van der Waals surface area contributed by atoms with Crippen LogP contribution in [0.1, 0.15) is 44.7 Å². The first kappa shape index (κ1) is 13.3.